The third-order valence-corrected chi connectivity index (χ3v) is 7.10. The van der Waals surface area contributed by atoms with Gasteiger partial charge in [0, 0.05) is 32.7 Å². The Bertz CT molecular complexity index is 744. The fraction of sp³-hybridized carbons (Fsp3) is 0.667. The molecule has 0 radical (unpaired) electrons. The van der Waals surface area contributed by atoms with Crippen molar-refractivity contribution in [2.45, 2.75) is 25.6 Å². The Morgan fingerprint density at radius 3 is 2.23 bits per heavy atom. The van der Waals surface area contributed by atoms with E-state index in [4.69, 9.17) is 9.47 Å². The number of aliphatic hydroxyl groups is 1. The number of hydrogen-bond acceptors (Lipinski definition) is 7. The van der Waals surface area contributed by atoms with Gasteiger partial charge in [0.05, 0.1) is 37.9 Å². The second-order valence-corrected chi connectivity index (χ2v) is 9.31. The van der Waals surface area contributed by atoms with Gasteiger partial charge in [0.15, 0.2) is 21.3 Å². The number of rotatable bonds is 5. The Labute approximate surface area is 155 Å². The lowest BCUT2D eigenvalue weighted by molar-refractivity contribution is 0.0423. The molecule has 0 bridgehead atoms. The number of aliphatic hydroxyl groups excluding tert-OH is 1. The maximum Gasteiger partial charge on any atom is 0.161 e. The van der Waals surface area contributed by atoms with E-state index in [2.05, 4.69) is 16.7 Å². The quantitative estimate of drug-likeness (QED) is 0.782. The van der Waals surface area contributed by atoms with E-state index in [0.717, 1.165) is 49.8 Å². The van der Waals surface area contributed by atoms with Crippen LogP contribution in [0.25, 0.3) is 0 Å². The van der Waals surface area contributed by atoms with Crippen molar-refractivity contribution in [2.75, 3.05) is 51.9 Å². The number of hydrogen-bond donors (Lipinski definition) is 1. The second kappa shape index (κ2) is 7.72. The van der Waals surface area contributed by atoms with Crippen LogP contribution < -0.4 is 9.47 Å². The van der Waals surface area contributed by atoms with Crippen molar-refractivity contribution in [1.29, 1.82) is 0 Å². The van der Waals surface area contributed by atoms with E-state index in [1.807, 2.05) is 12.1 Å². The highest BCUT2D eigenvalue weighted by Gasteiger charge is 2.40. The molecule has 3 rings (SSSR count). The predicted molar refractivity (Wildman–Crippen MR) is 99.6 cm³/mol. The Morgan fingerprint density at radius 1 is 1.08 bits per heavy atom. The average Bonchev–Trinajstić information content (AvgIpc) is 2.89. The minimum atomic E-state index is -3.11. The van der Waals surface area contributed by atoms with Crippen LogP contribution in [0.1, 0.15) is 11.1 Å². The maximum atomic E-state index is 11.7. The molecule has 2 aliphatic rings. The second-order valence-electron chi connectivity index (χ2n) is 7.16. The van der Waals surface area contributed by atoms with Crippen molar-refractivity contribution in [1.82, 2.24) is 9.80 Å². The largest absolute Gasteiger partial charge is 0.493 e. The van der Waals surface area contributed by atoms with Crippen LogP contribution in [0.2, 0.25) is 0 Å². The zero-order chi connectivity index (χ0) is 18.9. The summed E-state index contributed by atoms with van der Waals surface area (Å²) in [7, 11) is 0.161. The van der Waals surface area contributed by atoms with Crippen LogP contribution in [0.3, 0.4) is 0 Å². The van der Waals surface area contributed by atoms with E-state index < -0.39 is 15.9 Å². The van der Waals surface area contributed by atoms with Gasteiger partial charge in [-0.1, -0.05) is 0 Å². The van der Waals surface area contributed by atoms with Crippen LogP contribution in [0, 0.1) is 6.92 Å². The van der Waals surface area contributed by atoms with E-state index in [1.165, 1.54) is 5.56 Å². The first-order chi connectivity index (χ1) is 12.3. The van der Waals surface area contributed by atoms with Gasteiger partial charge in [-0.3, -0.25) is 9.80 Å². The molecule has 1 aromatic carbocycles. The fourth-order valence-electron chi connectivity index (χ4n) is 3.85. The zero-order valence-electron chi connectivity index (χ0n) is 15.6. The molecule has 8 heteroatoms. The number of methoxy groups -OCH3 is 2. The molecule has 7 nitrogen and oxygen atoms in total. The maximum absolute atomic E-state index is 11.7. The molecule has 0 aromatic heterocycles. The molecular weight excluding hydrogens is 356 g/mol. The minimum Gasteiger partial charge on any atom is -0.493 e. The van der Waals surface area contributed by atoms with Gasteiger partial charge in [0.25, 0.3) is 0 Å². The number of nitrogens with zero attached hydrogens (tertiary/aromatic N) is 2. The molecule has 2 atom stereocenters. The molecule has 146 valence electrons. The molecule has 0 aliphatic carbocycles. The topological polar surface area (TPSA) is 79.3 Å². The summed E-state index contributed by atoms with van der Waals surface area (Å²) in [5.74, 6) is 1.42. The van der Waals surface area contributed by atoms with Crippen molar-refractivity contribution >= 4 is 9.84 Å². The van der Waals surface area contributed by atoms with Gasteiger partial charge in [-0.05, 0) is 30.2 Å². The van der Waals surface area contributed by atoms with E-state index in [-0.39, 0.29) is 17.5 Å². The van der Waals surface area contributed by atoms with Gasteiger partial charge >= 0.3 is 0 Å². The number of piperazine rings is 1. The summed E-state index contributed by atoms with van der Waals surface area (Å²) in [6.07, 6.45) is -0.764. The fourth-order valence-corrected chi connectivity index (χ4v) is 5.68. The summed E-state index contributed by atoms with van der Waals surface area (Å²) in [6.45, 7) is 6.10. The molecule has 0 spiro atoms. The van der Waals surface area contributed by atoms with Crippen LogP contribution in [-0.4, -0.2) is 87.4 Å². The summed E-state index contributed by atoms with van der Waals surface area (Å²) in [6, 6.07) is 3.75. The Kier molecular flexibility index (Phi) is 5.76. The standard InChI is InChI=1S/C18H28N2O5S/c1-13-8-17(24-2)18(25-3)9-14(13)10-19-4-6-20(7-5-19)15-11-26(22,23)12-16(15)21/h8-9,15-16,21H,4-7,10-12H2,1-3H3. The Balaban J connectivity index is 1.61. The van der Waals surface area contributed by atoms with Crippen molar-refractivity contribution in [3.8, 4) is 11.5 Å². The molecule has 0 amide bonds. The van der Waals surface area contributed by atoms with Crippen LogP contribution in [0.15, 0.2) is 12.1 Å². The Morgan fingerprint density at radius 2 is 1.69 bits per heavy atom. The van der Waals surface area contributed by atoms with Crippen molar-refractivity contribution < 1.29 is 23.0 Å². The van der Waals surface area contributed by atoms with Gasteiger partial charge in [-0.2, -0.15) is 0 Å². The SMILES string of the molecule is COc1cc(C)c(CN2CCN(C3CS(=O)(=O)CC3O)CC2)cc1OC. The smallest absolute Gasteiger partial charge is 0.161 e. The lowest BCUT2D eigenvalue weighted by atomic mass is 10.1. The van der Waals surface area contributed by atoms with E-state index in [0.29, 0.717) is 0 Å². The molecule has 1 aromatic rings. The van der Waals surface area contributed by atoms with E-state index >= 15 is 0 Å². The molecule has 2 aliphatic heterocycles. The predicted octanol–water partition coefficient (Wildman–Crippen LogP) is 0.288. The average molecular weight is 384 g/mol. The van der Waals surface area contributed by atoms with E-state index in [1.54, 1.807) is 14.2 Å². The van der Waals surface area contributed by atoms with Gasteiger partial charge < -0.3 is 14.6 Å². The lowest BCUT2D eigenvalue weighted by Gasteiger charge is -2.38. The van der Waals surface area contributed by atoms with Gasteiger partial charge in [0.2, 0.25) is 0 Å². The molecule has 2 saturated heterocycles. The van der Waals surface area contributed by atoms with Gasteiger partial charge in [-0.15, -0.1) is 0 Å². The molecular formula is C18H28N2O5S. The highest BCUT2D eigenvalue weighted by molar-refractivity contribution is 7.91. The molecule has 1 N–H and O–H groups in total. The lowest BCUT2D eigenvalue weighted by Crippen LogP contribution is -2.53. The summed E-state index contributed by atoms with van der Waals surface area (Å²) >= 11 is 0. The minimum absolute atomic E-state index is 0.0724. The van der Waals surface area contributed by atoms with Gasteiger partial charge in [-0.25, -0.2) is 8.42 Å². The molecule has 2 fully saturated rings. The normalized spacial score (nSPS) is 26.8. The van der Waals surface area contributed by atoms with Crippen molar-refractivity contribution in [2.24, 2.45) is 0 Å². The highest BCUT2D eigenvalue weighted by Crippen LogP contribution is 2.31. The molecule has 2 heterocycles. The van der Waals surface area contributed by atoms with Crippen LogP contribution in [0.5, 0.6) is 11.5 Å². The molecule has 2 unspecified atom stereocenters. The van der Waals surface area contributed by atoms with Crippen molar-refractivity contribution in [3.63, 3.8) is 0 Å². The number of ether oxygens (including phenoxy) is 2. The number of aryl methyl sites for hydroxylation is 1. The van der Waals surface area contributed by atoms with Gasteiger partial charge in [0.1, 0.15) is 0 Å². The molecule has 0 saturated carbocycles. The van der Waals surface area contributed by atoms with Crippen LogP contribution in [0.4, 0.5) is 0 Å². The zero-order valence-corrected chi connectivity index (χ0v) is 16.5. The first-order valence-electron chi connectivity index (χ1n) is 8.89. The summed E-state index contributed by atoms with van der Waals surface area (Å²) in [5, 5.41) is 10.1. The third-order valence-electron chi connectivity index (χ3n) is 5.41. The highest BCUT2D eigenvalue weighted by atomic mass is 32.2. The summed E-state index contributed by atoms with van der Waals surface area (Å²) in [4.78, 5) is 4.47. The molecule has 26 heavy (non-hydrogen) atoms. The monoisotopic (exact) mass is 384 g/mol. The Hall–Kier alpha value is -1.35. The van der Waals surface area contributed by atoms with E-state index in [9.17, 15) is 13.5 Å². The van der Waals surface area contributed by atoms with Crippen LogP contribution >= 0.6 is 0 Å². The van der Waals surface area contributed by atoms with Crippen molar-refractivity contribution in [3.05, 3.63) is 23.3 Å². The third kappa shape index (κ3) is 4.14. The summed E-state index contributed by atoms with van der Waals surface area (Å²) in [5.41, 5.74) is 2.35. The van der Waals surface area contributed by atoms with Crippen LogP contribution in [-0.2, 0) is 16.4 Å². The number of sulfone groups is 1. The first-order valence-corrected chi connectivity index (χ1v) is 10.7. The first kappa shape index (κ1) is 19.4. The summed E-state index contributed by atoms with van der Waals surface area (Å²) < 4.78 is 34.2. The number of benzene rings is 1.